The number of carbonyl (C=O) groups is 2. The number of anilines is 1. The van der Waals surface area contributed by atoms with Crippen molar-refractivity contribution in [1.29, 1.82) is 0 Å². The van der Waals surface area contributed by atoms with Crippen LogP contribution < -0.4 is 10.2 Å². The number of rotatable bonds is 3. The molecule has 1 atom stereocenters. The first-order valence-electron chi connectivity index (χ1n) is 7.61. The van der Waals surface area contributed by atoms with Gasteiger partial charge in [0.05, 0.1) is 0 Å². The number of nitrogens with zero attached hydrogens (tertiary/aromatic N) is 1. The zero-order valence-corrected chi connectivity index (χ0v) is 13.7. The van der Waals surface area contributed by atoms with Crippen molar-refractivity contribution in [1.82, 2.24) is 5.32 Å². The minimum absolute atomic E-state index is 0.173. The summed E-state index contributed by atoms with van der Waals surface area (Å²) in [5.41, 5.74) is 1.38. The van der Waals surface area contributed by atoms with Crippen molar-refractivity contribution in [2.24, 2.45) is 5.92 Å². The van der Waals surface area contributed by atoms with Crippen LogP contribution in [-0.4, -0.2) is 24.1 Å². The number of hydrogen-bond acceptors (Lipinski definition) is 3. The average Bonchev–Trinajstić information content (AvgIpc) is 2.74. The van der Waals surface area contributed by atoms with Crippen LogP contribution in [0, 0.1) is 5.92 Å². The maximum Gasteiger partial charge on any atom is 0.407 e. The summed E-state index contributed by atoms with van der Waals surface area (Å²) in [5.74, 6) is 0.577. The third kappa shape index (κ3) is 4.48. The summed E-state index contributed by atoms with van der Waals surface area (Å²) in [6, 6.07) is 7.68. The Morgan fingerprint density at radius 1 is 1.32 bits per heavy atom. The molecule has 1 aliphatic rings. The molecule has 2 amide bonds. The summed E-state index contributed by atoms with van der Waals surface area (Å²) in [5, 5.41) is 2.72. The van der Waals surface area contributed by atoms with Crippen LogP contribution >= 0.6 is 0 Å². The number of carbonyl (C=O) groups excluding carboxylic acids is 2. The first-order valence-corrected chi connectivity index (χ1v) is 7.61. The zero-order chi connectivity index (χ0) is 16.3. The van der Waals surface area contributed by atoms with Crippen LogP contribution in [-0.2, 0) is 16.1 Å². The summed E-state index contributed by atoms with van der Waals surface area (Å²) in [6.07, 6.45) is 0.183. The predicted molar refractivity (Wildman–Crippen MR) is 85.6 cm³/mol. The molecule has 22 heavy (non-hydrogen) atoms. The Kier molecular flexibility index (Phi) is 4.74. The van der Waals surface area contributed by atoms with E-state index in [0.717, 1.165) is 17.8 Å². The van der Waals surface area contributed by atoms with Gasteiger partial charge in [-0.25, -0.2) is 4.79 Å². The molecule has 1 aliphatic heterocycles. The fraction of sp³-hybridized carbons (Fsp3) is 0.529. The molecule has 5 heteroatoms. The lowest BCUT2D eigenvalue weighted by molar-refractivity contribution is -0.117. The molecule has 1 saturated heterocycles. The van der Waals surface area contributed by atoms with Crippen molar-refractivity contribution in [3.05, 3.63) is 29.8 Å². The SMILES string of the molecule is CC1CC(=O)N(c2ccc(CNC(=O)OC(C)(C)C)cc2)C1. The predicted octanol–water partition coefficient (Wildman–Crippen LogP) is 3.08. The maximum atomic E-state index is 11.9. The molecule has 1 fully saturated rings. The van der Waals surface area contributed by atoms with E-state index >= 15 is 0 Å². The molecule has 1 unspecified atom stereocenters. The molecule has 2 rings (SSSR count). The van der Waals surface area contributed by atoms with E-state index in [1.807, 2.05) is 49.9 Å². The maximum absolute atomic E-state index is 11.9. The van der Waals surface area contributed by atoms with E-state index < -0.39 is 11.7 Å². The molecule has 0 aromatic heterocycles. The normalized spacial score (nSPS) is 18.5. The summed E-state index contributed by atoms with van der Waals surface area (Å²) in [4.78, 5) is 25.3. The topological polar surface area (TPSA) is 58.6 Å². The molecule has 1 aromatic carbocycles. The van der Waals surface area contributed by atoms with Crippen molar-refractivity contribution in [3.8, 4) is 0 Å². The molecule has 0 saturated carbocycles. The second-order valence-corrected chi connectivity index (χ2v) is 6.84. The van der Waals surface area contributed by atoms with E-state index in [0.29, 0.717) is 18.9 Å². The number of amides is 2. The number of alkyl carbamates (subject to hydrolysis) is 1. The van der Waals surface area contributed by atoms with Crippen molar-refractivity contribution >= 4 is 17.7 Å². The Balaban J connectivity index is 1.90. The van der Waals surface area contributed by atoms with Crippen molar-refractivity contribution in [2.75, 3.05) is 11.4 Å². The van der Waals surface area contributed by atoms with E-state index in [9.17, 15) is 9.59 Å². The average molecular weight is 304 g/mol. The van der Waals surface area contributed by atoms with Crippen LogP contribution in [0.4, 0.5) is 10.5 Å². The van der Waals surface area contributed by atoms with Gasteiger partial charge in [-0.2, -0.15) is 0 Å². The van der Waals surface area contributed by atoms with E-state index in [-0.39, 0.29) is 5.91 Å². The van der Waals surface area contributed by atoms with E-state index in [2.05, 4.69) is 12.2 Å². The lowest BCUT2D eigenvalue weighted by Gasteiger charge is -2.20. The Labute approximate surface area is 131 Å². The Bertz CT molecular complexity index is 546. The number of hydrogen-bond donors (Lipinski definition) is 1. The molecular formula is C17H24N2O3. The molecule has 0 bridgehead atoms. The molecule has 5 nitrogen and oxygen atoms in total. The van der Waals surface area contributed by atoms with Crippen LogP contribution in [0.15, 0.2) is 24.3 Å². The van der Waals surface area contributed by atoms with E-state index in [4.69, 9.17) is 4.74 Å². The Morgan fingerprint density at radius 2 is 1.95 bits per heavy atom. The lowest BCUT2D eigenvalue weighted by atomic mass is 10.1. The molecule has 1 aromatic rings. The van der Waals surface area contributed by atoms with Gasteiger partial charge < -0.3 is 15.0 Å². The monoisotopic (exact) mass is 304 g/mol. The fourth-order valence-electron chi connectivity index (χ4n) is 2.42. The van der Waals surface area contributed by atoms with Gasteiger partial charge in [-0.15, -0.1) is 0 Å². The highest BCUT2D eigenvalue weighted by Gasteiger charge is 2.27. The molecule has 0 radical (unpaired) electrons. The first-order chi connectivity index (χ1) is 10.2. The lowest BCUT2D eigenvalue weighted by Crippen LogP contribution is -2.32. The first kappa shape index (κ1) is 16.3. The quantitative estimate of drug-likeness (QED) is 0.933. The third-order valence-electron chi connectivity index (χ3n) is 3.40. The molecule has 1 heterocycles. The third-order valence-corrected chi connectivity index (χ3v) is 3.40. The van der Waals surface area contributed by atoms with Gasteiger partial charge in [0.2, 0.25) is 5.91 Å². The molecule has 0 aliphatic carbocycles. The minimum Gasteiger partial charge on any atom is -0.444 e. The number of ether oxygens (including phenoxy) is 1. The zero-order valence-electron chi connectivity index (χ0n) is 13.7. The molecular weight excluding hydrogens is 280 g/mol. The molecule has 0 spiro atoms. The number of nitrogens with one attached hydrogen (secondary N) is 1. The van der Waals surface area contributed by atoms with Crippen LogP contribution in [0.5, 0.6) is 0 Å². The van der Waals surface area contributed by atoms with E-state index in [1.54, 1.807) is 0 Å². The Morgan fingerprint density at radius 3 is 2.45 bits per heavy atom. The highest BCUT2D eigenvalue weighted by molar-refractivity contribution is 5.95. The van der Waals surface area contributed by atoms with Gasteiger partial charge >= 0.3 is 6.09 Å². The minimum atomic E-state index is -0.499. The van der Waals surface area contributed by atoms with Crippen molar-refractivity contribution in [3.63, 3.8) is 0 Å². The van der Waals surface area contributed by atoms with Crippen LogP contribution in [0.2, 0.25) is 0 Å². The standard InChI is InChI=1S/C17H24N2O3/c1-12-9-15(20)19(11-12)14-7-5-13(6-8-14)10-18-16(21)22-17(2,3)4/h5-8,12H,9-11H2,1-4H3,(H,18,21). The van der Waals surface area contributed by atoms with Gasteiger partial charge in [0.25, 0.3) is 0 Å². The highest BCUT2D eigenvalue weighted by atomic mass is 16.6. The summed E-state index contributed by atoms with van der Waals surface area (Å²) < 4.78 is 5.19. The summed E-state index contributed by atoms with van der Waals surface area (Å²) in [7, 11) is 0. The van der Waals surface area contributed by atoms with Gasteiger partial charge in [0.15, 0.2) is 0 Å². The van der Waals surface area contributed by atoms with Gasteiger partial charge in [-0.1, -0.05) is 19.1 Å². The van der Waals surface area contributed by atoms with Crippen LogP contribution in [0.25, 0.3) is 0 Å². The summed E-state index contributed by atoms with van der Waals surface area (Å²) >= 11 is 0. The van der Waals surface area contributed by atoms with Gasteiger partial charge in [0.1, 0.15) is 5.60 Å². The van der Waals surface area contributed by atoms with Crippen molar-refractivity contribution < 1.29 is 14.3 Å². The Hall–Kier alpha value is -2.04. The second-order valence-electron chi connectivity index (χ2n) is 6.84. The van der Waals surface area contributed by atoms with E-state index in [1.165, 1.54) is 0 Å². The number of benzene rings is 1. The fourth-order valence-corrected chi connectivity index (χ4v) is 2.42. The van der Waals surface area contributed by atoms with Crippen LogP contribution in [0.3, 0.4) is 0 Å². The largest absolute Gasteiger partial charge is 0.444 e. The van der Waals surface area contributed by atoms with Gasteiger partial charge in [0, 0.05) is 25.2 Å². The highest BCUT2D eigenvalue weighted by Crippen LogP contribution is 2.24. The summed E-state index contributed by atoms with van der Waals surface area (Å²) in [6.45, 7) is 8.74. The van der Waals surface area contributed by atoms with Crippen molar-refractivity contribution in [2.45, 2.75) is 46.3 Å². The molecule has 120 valence electrons. The van der Waals surface area contributed by atoms with Gasteiger partial charge in [-0.05, 0) is 44.4 Å². The van der Waals surface area contributed by atoms with Crippen LogP contribution in [0.1, 0.15) is 39.7 Å². The van der Waals surface area contributed by atoms with Gasteiger partial charge in [-0.3, -0.25) is 4.79 Å². The second kappa shape index (κ2) is 6.38. The smallest absolute Gasteiger partial charge is 0.407 e. The molecule has 1 N–H and O–H groups in total.